The quantitative estimate of drug-likeness (QED) is 0.555. The SMILES string of the molecule is COC(=O)c1cnc(N2CC(S(=O)(=O)F)CC2=O)cn1. The minimum atomic E-state index is -4.79. The summed E-state index contributed by atoms with van der Waals surface area (Å²) in [5.74, 6) is -1.22. The standard InChI is InChI=1S/C10H10FN3O5S/c1-19-10(16)7-3-13-8(4-12-7)14-5-6(2-9(14)15)20(11,17)18/h3-4,6H,2,5H2,1H3. The highest BCUT2D eigenvalue weighted by Crippen LogP contribution is 2.23. The molecular formula is C10H10FN3O5S. The van der Waals surface area contributed by atoms with E-state index in [9.17, 15) is 21.9 Å². The van der Waals surface area contributed by atoms with E-state index >= 15 is 0 Å². The molecule has 1 aliphatic rings. The molecular weight excluding hydrogens is 293 g/mol. The molecule has 108 valence electrons. The number of hydrogen-bond donors (Lipinski definition) is 0. The molecule has 1 saturated heterocycles. The number of amides is 1. The molecule has 0 spiro atoms. The van der Waals surface area contributed by atoms with Gasteiger partial charge in [-0.25, -0.2) is 14.8 Å². The molecule has 1 atom stereocenters. The zero-order chi connectivity index (χ0) is 14.9. The van der Waals surface area contributed by atoms with Gasteiger partial charge in [0, 0.05) is 13.0 Å². The number of methoxy groups -OCH3 is 1. The van der Waals surface area contributed by atoms with Gasteiger partial charge in [0.1, 0.15) is 5.25 Å². The van der Waals surface area contributed by atoms with E-state index in [0.717, 1.165) is 17.3 Å². The molecule has 0 aromatic carbocycles. The molecule has 0 aliphatic carbocycles. The molecule has 2 heterocycles. The lowest BCUT2D eigenvalue weighted by atomic mass is 10.4. The Morgan fingerprint density at radius 3 is 2.60 bits per heavy atom. The van der Waals surface area contributed by atoms with Gasteiger partial charge in [0.25, 0.3) is 0 Å². The maximum atomic E-state index is 12.9. The second-order valence-electron chi connectivity index (χ2n) is 4.06. The van der Waals surface area contributed by atoms with E-state index in [1.807, 2.05) is 0 Å². The first-order valence-corrected chi connectivity index (χ1v) is 6.92. The van der Waals surface area contributed by atoms with Crippen molar-refractivity contribution in [2.45, 2.75) is 11.7 Å². The fourth-order valence-corrected chi connectivity index (χ4v) is 2.42. The zero-order valence-electron chi connectivity index (χ0n) is 10.3. The third kappa shape index (κ3) is 2.74. The Balaban J connectivity index is 2.21. The lowest BCUT2D eigenvalue weighted by Gasteiger charge is -2.14. The van der Waals surface area contributed by atoms with Crippen molar-refractivity contribution in [3.05, 3.63) is 18.1 Å². The Kier molecular flexibility index (Phi) is 3.66. The third-order valence-corrected chi connectivity index (χ3v) is 3.91. The summed E-state index contributed by atoms with van der Waals surface area (Å²) in [5, 5.41) is -1.41. The number of anilines is 1. The van der Waals surface area contributed by atoms with Crippen LogP contribution >= 0.6 is 0 Å². The number of halogens is 1. The summed E-state index contributed by atoms with van der Waals surface area (Å²) in [4.78, 5) is 31.4. The fourth-order valence-electron chi connectivity index (χ4n) is 1.76. The van der Waals surface area contributed by atoms with Crippen LogP contribution in [0.3, 0.4) is 0 Å². The number of hydrogen-bond acceptors (Lipinski definition) is 7. The van der Waals surface area contributed by atoms with Crippen LogP contribution in [-0.4, -0.2) is 49.2 Å². The van der Waals surface area contributed by atoms with Crippen LogP contribution in [0.2, 0.25) is 0 Å². The highest BCUT2D eigenvalue weighted by Gasteiger charge is 2.39. The predicted molar refractivity (Wildman–Crippen MR) is 64.2 cm³/mol. The van der Waals surface area contributed by atoms with Crippen LogP contribution in [-0.2, 0) is 19.8 Å². The Morgan fingerprint density at radius 2 is 2.15 bits per heavy atom. The highest BCUT2D eigenvalue weighted by molar-refractivity contribution is 7.87. The van der Waals surface area contributed by atoms with Gasteiger partial charge in [-0.15, -0.1) is 3.89 Å². The summed E-state index contributed by atoms with van der Waals surface area (Å²) in [6, 6.07) is 0. The van der Waals surface area contributed by atoms with Crippen LogP contribution in [0.4, 0.5) is 9.70 Å². The zero-order valence-corrected chi connectivity index (χ0v) is 11.1. The van der Waals surface area contributed by atoms with Gasteiger partial charge in [-0.2, -0.15) is 8.42 Å². The summed E-state index contributed by atoms with van der Waals surface area (Å²) in [5.41, 5.74) is -0.0578. The number of ether oxygens (including phenoxy) is 1. The first kappa shape index (κ1) is 14.3. The summed E-state index contributed by atoms with van der Waals surface area (Å²) < 4.78 is 38.9. The number of aromatic nitrogens is 2. The van der Waals surface area contributed by atoms with E-state index in [1.165, 1.54) is 7.11 Å². The van der Waals surface area contributed by atoms with Crippen LogP contribution in [0, 0.1) is 0 Å². The monoisotopic (exact) mass is 303 g/mol. The molecule has 1 aromatic rings. The predicted octanol–water partition coefficient (Wildman–Crippen LogP) is -0.332. The van der Waals surface area contributed by atoms with Crippen molar-refractivity contribution in [2.24, 2.45) is 0 Å². The van der Waals surface area contributed by atoms with Gasteiger partial charge < -0.3 is 4.74 Å². The van der Waals surface area contributed by atoms with Gasteiger partial charge in [0.05, 0.1) is 19.5 Å². The second kappa shape index (κ2) is 5.12. The van der Waals surface area contributed by atoms with E-state index < -0.39 is 33.8 Å². The minimum absolute atomic E-state index is 0.0498. The number of rotatable bonds is 3. The van der Waals surface area contributed by atoms with Crippen LogP contribution in [0.1, 0.15) is 16.9 Å². The molecule has 8 nitrogen and oxygen atoms in total. The van der Waals surface area contributed by atoms with Gasteiger partial charge in [-0.1, -0.05) is 0 Å². The molecule has 0 bridgehead atoms. The van der Waals surface area contributed by atoms with Crippen LogP contribution in [0.15, 0.2) is 12.4 Å². The lowest BCUT2D eigenvalue weighted by Crippen LogP contribution is -2.28. The average molecular weight is 303 g/mol. The van der Waals surface area contributed by atoms with E-state index in [1.54, 1.807) is 0 Å². The van der Waals surface area contributed by atoms with Gasteiger partial charge in [-0.3, -0.25) is 9.69 Å². The second-order valence-corrected chi connectivity index (χ2v) is 5.68. The lowest BCUT2D eigenvalue weighted by molar-refractivity contribution is -0.117. The third-order valence-electron chi connectivity index (χ3n) is 2.80. The van der Waals surface area contributed by atoms with Crippen molar-refractivity contribution < 1.29 is 26.6 Å². The van der Waals surface area contributed by atoms with Crippen molar-refractivity contribution in [3.8, 4) is 0 Å². The molecule has 1 fully saturated rings. The molecule has 10 heteroatoms. The summed E-state index contributed by atoms with van der Waals surface area (Å²) in [6.07, 6.45) is 1.77. The number of esters is 1. The average Bonchev–Trinajstić information content (AvgIpc) is 2.80. The van der Waals surface area contributed by atoms with Crippen molar-refractivity contribution >= 4 is 27.9 Å². The van der Waals surface area contributed by atoms with Gasteiger partial charge in [0.2, 0.25) is 5.91 Å². The van der Waals surface area contributed by atoms with E-state index in [0.29, 0.717) is 0 Å². The summed E-state index contributed by atoms with van der Waals surface area (Å²) in [6.45, 7) is -0.329. The molecule has 1 aliphatic heterocycles. The molecule has 0 saturated carbocycles. The van der Waals surface area contributed by atoms with Gasteiger partial charge in [-0.05, 0) is 0 Å². The highest BCUT2D eigenvalue weighted by atomic mass is 32.3. The Hall–Kier alpha value is -2.10. The van der Waals surface area contributed by atoms with Crippen LogP contribution < -0.4 is 4.90 Å². The van der Waals surface area contributed by atoms with Crippen molar-refractivity contribution in [2.75, 3.05) is 18.6 Å². The Labute approximate surface area is 113 Å². The van der Waals surface area contributed by atoms with E-state index in [2.05, 4.69) is 14.7 Å². The fraction of sp³-hybridized carbons (Fsp3) is 0.400. The largest absolute Gasteiger partial charge is 0.464 e. The molecule has 0 N–H and O–H groups in total. The minimum Gasteiger partial charge on any atom is -0.464 e. The van der Waals surface area contributed by atoms with Gasteiger partial charge in [0.15, 0.2) is 11.5 Å². The molecule has 20 heavy (non-hydrogen) atoms. The normalized spacial score (nSPS) is 19.2. The Bertz CT molecular complexity index is 645. The summed E-state index contributed by atoms with van der Waals surface area (Å²) >= 11 is 0. The molecule has 0 radical (unpaired) electrons. The maximum absolute atomic E-state index is 12.9. The number of carbonyl (C=O) groups is 2. The van der Waals surface area contributed by atoms with Crippen molar-refractivity contribution in [1.82, 2.24) is 9.97 Å². The van der Waals surface area contributed by atoms with Crippen LogP contribution in [0.5, 0.6) is 0 Å². The van der Waals surface area contributed by atoms with Gasteiger partial charge >= 0.3 is 16.2 Å². The topological polar surface area (TPSA) is 107 Å². The molecule has 2 rings (SSSR count). The maximum Gasteiger partial charge on any atom is 0.358 e. The van der Waals surface area contributed by atoms with Crippen molar-refractivity contribution in [1.29, 1.82) is 0 Å². The van der Waals surface area contributed by atoms with Crippen LogP contribution in [0.25, 0.3) is 0 Å². The van der Waals surface area contributed by atoms with E-state index in [-0.39, 0.29) is 18.1 Å². The number of nitrogens with zero attached hydrogens (tertiary/aromatic N) is 3. The first-order chi connectivity index (χ1) is 9.32. The smallest absolute Gasteiger partial charge is 0.358 e. The van der Waals surface area contributed by atoms with Crippen molar-refractivity contribution in [3.63, 3.8) is 0 Å². The molecule has 1 aromatic heterocycles. The van der Waals surface area contributed by atoms with E-state index in [4.69, 9.17) is 0 Å². The Morgan fingerprint density at radius 1 is 1.45 bits per heavy atom. The summed E-state index contributed by atoms with van der Waals surface area (Å²) in [7, 11) is -3.61. The first-order valence-electron chi connectivity index (χ1n) is 5.47. The number of carbonyl (C=O) groups excluding carboxylic acids is 2. The molecule has 1 unspecified atom stereocenters. The molecule has 1 amide bonds.